The van der Waals surface area contributed by atoms with Crippen molar-refractivity contribution in [2.45, 2.75) is 39.3 Å². The predicted octanol–water partition coefficient (Wildman–Crippen LogP) is 0.800. The Kier molecular flexibility index (Phi) is 4.64. The maximum atomic E-state index is 10.2. The van der Waals surface area contributed by atoms with Crippen molar-refractivity contribution in [1.82, 2.24) is 9.80 Å². The van der Waals surface area contributed by atoms with Crippen LogP contribution in [0.25, 0.3) is 0 Å². The van der Waals surface area contributed by atoms with E-state index in [4.69, 9.17) is 4.74 Å². The maximum absolute atomic E-state index is 10.2. The van der Waals surface area contributed by atoms with Gasteiger partial charge in [-0.05, 0) is 18.4 Å². The Morgan fingerprint density at radius 2 is 1.89 bits per heavy atom. The predicted molar refractivity (Wildman–Crippen MR) is 72.7 cm³/mol. The van der Waals surface area contributed by atoms with Gasteiger partial charge in [-0.3, -0.25) is 9.80 Å². The number of nitrogens with zero attached hydrogens (tertiary/aromatic N) is 2. The van der Waals surface area contributed by atoms with E-state index in [-0.39, 0.29) is 11.5 Å². The highest BCUT2D eigenvalue weighted by molar-refractivity contribution is 4.87. The fraction of sp³-hybridized carbons (Fsp3) is 1.00. The van der Waals surface area contributed by atoms with Crippen molar-refractivity contribution in [3.8, 4) is 0 Å². The van der Waals surface area contributed by atoms with Gasteiger partial charge in [0.1, 0.15) is 0 Å². The summed E-state index contributed by atoms with van der Waals surface area (Å²) in [6.45, 7) is 13.2. The number of ether oxygens (including phenoxy) is 1. The lowest BCUT2D eigenvalue weighted by Gasteiger charge is -2.33. The topological polar surface area (TPSA) is 35.9 Å². The molecule has 0 aromatic rings. The van der Waals surface area contributed by atoms with Crippen LogP contribution in [0.1, 0.15) is 27.2 Å². The Morgan fingerprint density at radius 3 is 2.50 bits per heavy atom. The Morgan fingerprint density at radius 1 is 1.22 bits per heavy atom. The first-order chi connectivity index (χ1) is 8.47. The average Bonchev–Trinajstić information content (AvgIpc) is 2.77. The van der Waals surface area contributed by atoms with Gasteiger partial charge in [0.25, 0.3) is 0 Å². The Labute approximate surface area is 111 Å². The van der Waals surface area contributed by atoms with Crippen LogP contribution in [0.15, 0.2) is 0 Å². The van der Waals surface area contributed by atoms with Gasteiger partial charge in [-0.1, -0.05) is 20.8 Å². The molecule has 18 heavy (non-hydrogen) atoms. The molecule has 0 aromatic carbocycles. The zero-order chi connectivity index (χ0) is 13.2. The van der Waals surface area contributed by atoms with Gasteiger partial charge in [0.05, 0.1) is 19.3 Å². The van der Waals surface area contributed by atoms with Crippen molar-refractivity contribution in [3.63, 3.8) is 0 Å². The second-order valence-electron chi connectivity index (χ2n) is 6.73. The van der Waals surface area contributed by atoms with Gasteiger partial charge in [-0.2, -0.15) is 0 Å². The van der Waals surface area contributed by atoms with E-state index in [1.54, 1.807) is 0 Å². The molecular weight excluding hydrogens is 228 g/mol. The van der Waals surface area contributed by atoms with E-state index in [0.29, 0.717) is 6.04 Å². The molecule has 0 amide bonds. The molecule has 4 nitrogen and oxygen atoms in total. The highest BCUT2D eigenvalue weighted by atomic mass is 16.5. The molecule has 4 heteroatoms. The van der Waals surface area contributed by atoms with Gasteiger partial charge < -0.3 is 9.84 Å². The van der Waals surface area contributed by atoms with E-state index in [9.17, 15) is 5.11 Å². The molecule has 0 radical (unpaired) electrons. The van der Waals surface area contributed by atoms with Gasteiger partial charge >= 0.3 is 0 Å². The van der Waals surface area contributed by atoms with E-state index in [1.165, 1.54) is 6.42 Å². The first-order valence-corrected chi connectivity index (χ1v) is 7.19. The van der Waals surface area contributed by atoms with Crippen molar-refractivity contribution in [3.05, 3.63) is 0 Å². The minimum atomic E-state index is -0.235. The number of hydrogen-bond acceptors (Lipinski definition) is 4. The van der Waals surface area contributed by atoms with Crippen LogP contribution in [0.5, 0.6) is 0 Å². The summed E-state index contributed by atoms with van der Waals surface area (Å²) < 4.78 is 5.40. The lowest BCUT2D eigenvalue weighted by atomic mass is 9.89. The molecule has 0 aromatic heterocycles. The molecule has 2 atom stereocenters. The summed E-state index contributed by atoms with van der Waals surface area (Å²) in [6.07, 6.45) is 0.998. The molecule has 106 valence electrons. The Hall–Kier alpha value is -0.160. The van der Waals surface area contributed by atoms with Crippen LogP contribution in [-0.2, 0) is 4.74 Å². The van der Waals surface area contributed by atoms with Crippen molar-refractivity contribution in [2.24, 2.45) is 5.41 Å². The molecule has 1 N–H and O–H groups in total. The number of likely N-dealkylation sites (tertiary alicyclic amines) is 1. The molecule has 0 aliphatic carbocycles. The van der Waals surface area contributed by atoms with Gasteiger partial charge in [-0.15, -0.1) is 0 Å². The van der Waals surface area contributed by atoms with Crippen LogP contribution < -0.4 is 0 Å². The van der Waals surface area contributed by atoms with Crippen LogP contribution in [0, 0.1) is 5.41 Å². The maximum Gasteiger partial charge on any atom is 0.0715 e. The number of hydrogen-bond donors (Lipinski definition) is 1. The summed E-state index contributed by atoms with van der Waals surface area (Å²) in [6, 6.07) is 0.668. The molecule has 2 rings (SSSR count). The highest BCUT2D eigenvalue weighted by Crippen LogP contribution is 2.23. The fourth-order valence-corrected chi connectivity index (χ4v) is 2.74. The summed E-state index contributed by atoms with van der Waals surface area (Å²) in [5.41, 5.74) is -0.0168. The van der Waals surface area contributed by atoms with Gasteiger partial charge in [0, 0.05) is 32.2 Å². The third-order valence-electron chi connectivity index (χ3n) is 4.24. The highest BCUT2D eigenvalue weighted by Gasteiger charge is 2.31. The number of morpholine rings is 1. The van der Waals surface area contributed by atoms with Crippen LogP contribution >= 0.6 is 0 Å². The molecule has 2 heterocycles. The molecule has 0 bridgehead atoms. The number of aliphatic hydroxyl groups excluding tert-OH is 1. The monoisotopic (exact) mass is 256 g/mol. The third-order valence-corrected chi connectivity index (χ3v) is 4.24. The standard InChI is InChI=1S/C14H28N2O2/c1-14(2,3)13(17)11-15-5-4-12(10-15)16-6-8-18-9-7-16/h12-13,17H,4-11H2,1-3H3. The van der Waals surface area contributed by atoms with Gasteiger partial charge in [0.15, 0.2) is 0 Å². The number of rotatable bonds is 3. The summed E-state index contributed by atoms with van der Waals surface area (Å²) in [7, 11) is 0. The molecular formula is C14H28N2O2. The molecule has 2 fully saturated rings. The zero-order valence-corrected chi connectivity index (χ0v) is 12.1. The minimum absolute atomic E-state index is 0.0168. The van der Waals surface area contributed by atoms with E-state index < -0.39 is 0 Å². The summed E-state index contributed by atoms with van der Waals surface area (Å²) in [5, 5.41) is 10.2. The Bertz CT molecular complexity index is 259. The SMILES string of the molecule is CC(C)(C)C(O)CN1CCC(N2CCOCC2)C1. The van der Waals surface area contributed by atoms with Crippen molar-refractivity contribution < 1.29 is 9.84 Å². The van der Waals surface area contributed by atoms with Crippen LogP contribution in [-0.4, -0.2) is 73.0 Å². The Balaban J connectivity index is 1.77. The zero-order valence-electron chi connectivity index (χ0n) is 12.1. The number of aliphatic hydroxyl groups is 1. The van der Waals surface area contributed by atoms with E-state index >= 15 is 0 Å². The third kappa shape index (κ3) is 3.67. The second-order valence-corrected chi connectivity index (χ2v) is 6.73. The molecule has 2 unspecified atom stereocenters. The quantitative estimate of drug-likeness (QED) is 0.810. The largest absolute Gasteiger partial charge is 0.391 e. The summed E-state index contributed by atoms with van der Waals surface area (Å²) in [5.74, 6) is 0. The first kappa shape index (κ1) is 14.3. The lowest BCUT2D eigenvalue weighted by Crippen LogP contribution is -2.45. The molecule has 2 aliphatic rings. The number of β-amino-alcohol motifs (C(OH)–C–C–N with tert-alkyl or cyclic N) is 1. The van der Waals surface area contributed by atoms with E-state index in [1.807, 2.05) is 0 Å². The smallest absolute Gasteiger partial charge is 0.0715 e. The summed E-state index contributed by atoms with van der Waals surface area (Å²) in [4.78, 5) is 4.96. The second kappa shape index (κ2) is 5.87. The minimum Gasteiger partial charge on any atom is -0.391 e. The summed E-state index contributed by atoms with van der Waals surface area (Å²) >= 11 is 0. The van der Waals surface area contributed by atoms with E-state index in [2.05, 4.69) is 30.6 Å². The van der Waals surface area contributed by atoms with Gasteiger partial charge in [-0.25, -0.2) is 0 Å². The van der Waals surface area contributed by atoms with E-state index in [0.717, 1.165) is 45.9 Å². The van der Waals surface area contributed by atoms with Crippen LogP contribution in [0.2, 0.25) is 0 Å². The van der Waals surface area contributed by atoms with Crippen molar-refractivity contribution in [2.75, 3.05) is 45.9 Å². The average molecular weight is 256 g/mol. The molecule has 0 saturated carbocycles. The lowest BCUT2D eigenvalue weighted by molar-refractivity contribution is 0.0124. The molecule has 0 spiro atoms. The van der Waals surface area contributed by atoms with Crippen LogP contribution in [0.4, 0.5) is 0 Å². The van der Waals surface area contributed by atoms with Crippen molar-refractivity contribution in [1.29, 1.82) is 0 Å². The fourth-order valence-electron chi connectivity index (χ4n) is 2.74. The first-order valence-electron chi connectivity index (χ1n) is 7.19. The van der Waals surface area contributed by atoms with Crippen LogP contribution in [0.3, 0.4) is 0 Å². The molecule has 2 aliphatic heterocycles. The molecule has 2 saturated heterocycles. The van der Waals surface area contributed by atoms with Crippen molar-refractivity contribution >= 4 is 0 Å². The van der Waals surface area contributed by atoms with Gasteiger partial charge in [0.2, 0.25) is 0 Å². The normalized spacial score (nSPS) is 29.7.